The van der Waals surface area contributed by atoms with Gasteiger partial charge in [-0.3, -0.25) is 0 Å². The van der Waals surface area contributed by atoms with E-state index in [0.717, 1.165) is 18.4 Å². The van der Waals surface area contributed by atoms with Crippen molar-refractivity contribution in [2.75, 3.05) is 0 Å². The average Bonchev–Trinajstić information content (AvgIpc) is 2.23. The number of hydrogen-bond donors (Lipinski definition) is 3. The third kappa shape index (κ3) is 2.47. The van der Waals surface area contributed by atoms with Crippen LogP contribution in [0.3, 0.4) is 0 Å². The zero-order valence-electron chi connectivity index (χ0n) is 8.33. The van der Waals surface area contributed by atoms with Crippen LogP contribution in [0.1, 0.15) is 24.5 Å². The van der Waals surface area contributed by atoms with Gasteiger partial charge < -0.3 is 11.3 Å². The van der Waals surface area contributed by atoms with Gasteiger partial charge in [0.2, 0.25) is 0 Å². The van der Waals surface area contributed by atoms with E-state index in [0.29, 0.717) is 5.84 Å². The molecule has 0 aromatic heterocycles. The highest BCUT2D eigenvalue weighted by molar-refractivity contribution is 5.98. The van der Waals surface area contributed by atoms with E-state index in [9.17, 15) is 0 Å². The van der Waals surface area contributed by atoms with Gasteiger partial charge in [-0.15, -0.1) is 0 Å². The van der Waals surface area contributed by atoms with Crippen molar-refractivity contribution in [3.63, 3.8) is 0 Å². The summed E-state index contributed by atoms with van der Waals surface area (Å²) in [6.45, 7) is 2.15. The maximum absolute atomic E-state index is 5.25. The molecule has 0 atom stereocenters. The molecule has 0 fully saturated rings. The van der Waals surface area contributed by atoms with Gasteiger partial charge in [0.25, 0.3) is 0 Å². The molecule has 0 aliphatic carbocycles. The van der Waals surface area contributed by atoms with Crippen molar-refractivity contribution in [1.29, 1.82) is 0 Å². The summed E-state index contributed by atoms with van der Waals surface area (Å²) in [5, 5.41) is 3.53. The van der Waals surface area contributed by atoms with Crippen LogP contribution in [0.5, 0.6) is 0 Å². The number of amidine groups is 1. The third-order valence-corrected chi connectivity index (χ3v) is 2.03. The first-order valence-corrected chi connectivity index (χ1v) is 4.65. The predicted octanol–water partition coefficient (Wildman–Crippen LogP) is 0.723. The number of hydrazine groups is 1. The second-order valence-electron chi connectivity index (χ2n) is 3.07. The lowest BCUT2D eigenvalue weighted by Gasteiger charge is -2.04. The molecule has 4 heteroatoms. The number of nitrogens with two attached hydrogens (primary N) is 2. The Balaban J connectivity index is 2.82. The first-order chi connectivity index (χ1) is 6.81. The van der Waals surface area contributed by atoms with Crippen molar-refractivity contribution < 1.29 is 0 Å². The SMILES string of the molecule is CCCc1ccc(/C(=N/N)NN)cc1. The standard InChI is InChI=1S/C10H16N4/c1-2-3-8-4-6-9(7-5-8)10(13-11)14-12/h4-7H,2-3,11-12H2,1H3,(H,13,14). The second kappa shape index (κ2) is 5.24. The van der Waals surface area contributed by atoms with Crippen LogP contribution in [-0.4, -0.2) is 5.84 Å². The minimum absolute atomic E-state index is 0.494. The molecular formula is C10H16N4. The lowest BCUT2D eigenvalue weighted by atomic mass is 10.1. The van der Waals surface area contributed by atoms with E-state index < -0.39 is 0 Å². The number of nitrogens with zero attached hydrogens (tertiary/aromatic N) is 1. The number of nitrogens with one attached hydrogen (secondary N) is 1. The van der Waals surface area contributed by atoms with Gasteiger partial charge in [0.1, 0.15) is 0 Å². The molecule has 1 rings (SSSR count). The molecule has 1 aromatic carbocycles. The van der Waals surface area contributed by atoms with Crippen molar-refractivity contribution in [2.45, 2.75) is 19.8 Å². The number of hydrogen-bond acceptors (Lipinski definition) is 3. The van der Waals surface area contributed by atoms with Gasteiger partial charge in [0.15, 0.2) is 5.84 Å². The van der Waals surface area contributed by atoms with Crippen LogP contribution in [0.4, 0.5) is 0 Å². The highest BCUT2D eigenvalue weighted by Gasteiger charge is 2.00. The largest absolute Gasteiger partial charge is 0.321 e. The topological polar surface area (TPSA) is 76.4 Å². The Morgan fingerprint density at radius 3 is 2.43 bits per heavy atom. The molecule has 0 aliphatic heterocycles. The van der Waals surface area contributed by atoms with Gasteiger partial charge in [-0.25, -0.2) is 5.84 Å². The predicted molar refractivity (Wildman–Crippen MR) is 58.5 cm³/mol. The molecule has 0 saturated carbocycles. The molecular weight excluding hydrogens is 176 g/mol. The van der Waals surface area contributed by atoms with Crippen LogP contribution in [-0.2, 0) is 6.42 Å². The van der Waals surface area contributed by atoms with Crippen LogP contribution in [0.2, 0.25) is 0 Å². The highest BCUT2D eigenvalue weighted by Crippen LogP contribution is 2.06. The Morgan fingerprint density at radius 1 is 1.36 bits per heavy atom. The third-order valence-electron chi connectivity index (χ3n) is 2.03. The Hall–Kier alpha value is -1.55. The Bertz CT molecular complexity index is 302. The van der Waals surface area contributed by atoms with Crippen LogP contribution in [0, 0.1) is 0 Å². The van der Waals surface area contributed by atoms with Crippen molar-refractivity contribution in [1.82, 2.24) is 5.43 Å². The highest BCUT2D eigenvalue weighted by atomic mass is 15.3. The molecule has 0 heterocycles. The monoisotopic (exact) mass is 192 g/mol. The molecule has 76 valence electrons. The van der Waals surface area contributed by atoms with Crippen LogP contribution in [0.25, 0.3) is 0 Å². The van der Waals surface area contributed by atoms with Crippen molar-refractivity contribution in [2.24, 2.45) is 16.8 Å². The van der Waals surface area contributed by atoms with E-state index in [4.69, 9.17) is 11.7 Å². The van der Waals surface area contributed by atoms with E-state index >= 15 is 0 Å². The maximum atomic E-state index is 5.25. The van der Waals surface area contributed by atoms with Gasteiger partial charge >= 0.3 is 0 Å². The summed E-state index contributed by atoms with van der Waals surface area (Å²) in [5.74, 6) is 10.9. The summed E-state index contributed by atoms with van der Waals surface area (Å²) in [6.07, 6.45) is 2.23. The summed E-state index contributed by atoms with van der Waals surface area (Å²) >= 11 is 0. The zero-order valence-corrected chi connectivity index (χ0v) is 8.33. The van der Waals surface area contributed by atoms with Crippen LogP contribution in [0.15, 0.2) is 29.4 Å². The van der Waals surface area contributed by atoms with Gasteiger partial charge in [0.05, 0.1) is 0 Å². The number of rotatable bonds is 3. The molecule has 0 radical (unpaired) electrons. The summed E-state index contributed by atoms with van der Waals surface area (Å²) in [5.41, 5.74) is 4.65. The van der Waals surface area contributed by atoms with E-state index in [1.54, 1.807) is 0 Å². The molecule has 0 spiro atoms. The molecule has 0 unspecified atom stereocenters. The molecule has 1 aromatic rings. The fraction of sp³-hybridized carbons (Fsp3) is 0.300. The maximum Gasteiger partial charge on any atom is 0.166 e. The summed E-state index contributed by atoms with van der Waals surface area (Å²) in [4.78, 5) is 0. The van der Waals surface area contributed by atoms with Crippen molar-refractivity contribution >= 4 is 5.84 Å². The summed E-state index contributed by atoms with van der Waals surface area (Å²) in [6, 6.07) is 8.02. The van der Waals surface area contributed by atoms with E-state index in [2.05, 4.69) is 29.6 Å². The lowest BCUT2D eigenvalue weighted by molar-refractivity contribution is 0.921. The molecule has 5 N–H and O–H groups in total. The van der Waals surface area contributed by atoms with Gasteiger partial charge in [-0.05, 0) is 12.0 Å². The number of hydrazone groups is 1. The number of aryl methyl sites for hydroxylation is 1. The van der Waals surface area contributed by atoms with E-state index in [1.165, 1.54) is 5.56 Å². The molecule has 0 aliphatic rings. The Kier molecular flexibility index (Phi) is 3.94. The summed E-state index contributed by atoms with van der Waals surface area (Å²) < 4.78 is 0. The lowest BCUT2D eigenvalue weighted by Crippen LogP contribution is -2.31. The molecule has 0 bridgehead atoms. The minimum Gasteiger partial charge on any atom is -0.321 e. The summed E-state index contributed by atoms with van der Waals surface area (Å²) in [7, 11) is 0. The number of benzene rings is 1. The van der Waals surface area contributed by atoms with Crippen LogP contribution < -0.4 is 17.1 Å². The fourth-order valence-corrected chi connectivity index (χ4v) is 1.31. The zero-order chi connectivity index (χ0) is 10.4. The Morgan fingerprint density at radius 2 is 2.00 bits per heavy atom. The van der Waals surface area contributed by atoms with Gasteiger partial charge in [0, 0.05) is 5.56 Å². The fourth-order valence-electron chi connectivity index (χ4n) is 1.31. The van der Waals surface area contributed by atoms with E-state index in [1.807, 2.05) is 12.1 Å². The second-order valence-corrected chi connectivity index (χ2v) is 3.07. The molecule has 4 nitrogen and oxygen atoms in total. The van der Waals surface area contributed by atoms with Crippen molar-refractivity contribution in [3.05, 3.63) is 35.4 Å². The molecule has 14 heavy (non-hydrogen) atoms. The molecule has 0 amide bonds. The first-order valence-electron chi connectivity index (χ1n) is 4.65. The molecule has 0 saturated heterocycles. The Labute approximate surface area is 84.0 Å². The average molecular weight is 192 g/mol. The first kappa shape index (κ1) is 10.5. The quantitative estimate of drug-likeness (QED) is 0.286. The van der Waals surface area contributed by atoms with Crippen molar-refractivity contribution in [3.8, 4) is 0 Å². The minimum atomic E-state index is 0.494. The van der Waals surface area contributed by atoms with Gasteiger partial charge in [-0.1, -0.05) is 37.6 Å². The van der Waals surface area contributed by atoms with Crippen LogP contribution >= 0.6 is 0 Å². The van der Waals surface area contributed by atoms with Gasteiger partial charge in [-0.2, -0.15) is 5.10 Å². The smallest absolute Gasteiger partial charge is 0.166 e. The van der Waals surface area contributed by atoms with E-state index in [-0.39, 0.29) is 0 Å². The normalized spacial score (nSPS) is 11.4.